The third-order valence-corrected chi connectivity index (χ3v) is 0.632. The molecular formula is C5H11NO4. The fourth-order valence-electron chi connectivity index (χ4n) is 0.291. The first-order valence-corrected chi connectivity index (χ1v) is 2.79. The summed E-state index contributed by atoms with van der Waals surface area (Å²) in [6, 6.07) is 0. The molecule has 10 heavy (non-hydrogen) atoms. The third-order valence-electron chi connectivity index (χ3n) is 0.632. The molecule has 0 fully saturated rings. The van der Waals surface area contributed by atoms with Crippen LogP contribution in [0.15, 0.2) is 0 Å². The van der Waals surface area contributed by atoms with Crippen molar-refractivity contribution < 1.29 is 19.0 Å². The van der Waals surface area contributed by atoms with E-state index in [1.807, 2.05) is 0 Å². The second-order valence-electron chi connectivity index (χ2n) is 1.44. The molecule has 0 saturated heterocycles. The lowest BCUT2D eigenvalue weighted by Crippen LogP contribution is -2.15. The van der Waals surface area contributed by atoms with E-state index in [0.29, 0.717) is 6.54 Å². The Morgan fingerprint density at radius 2 is 2.20 bits per heavy atom. The minimum Gasteiger partial charge on any atom is -0.433 e. The van der Waals surface area contributed by atoms with Gasteiger partial charge in [-0.3, -0.25) is 0 Å². The number of hydrogen-bond donors (Lipinski definition) is 1. The Labute approximate surface area is 59.0 Å². The predicted molar refractivity (Wildman–Crippen MR) is 33.4 cm³/mol. The molecule has 0 aliphatic heterocycles. The maximum atomic E-state index is 10.4. The van der Waals surface area contributed by atoms with Crippen LogP contribution < -0.4 is 5.73 Å². The minimum absolute atomic E-state index is 0.0938. The minimum atomic E-state index is -0.757. The van der Waals surface area contributed by atoms with Gasteiger partial charge in [-0.15, -0.1) is 0 Å². The summed E-state index contributed by atoms with van der Waals surface area (Å²) in [5.74, 6) is 0. The summed E-state index contributed by atoms with van der Waals surface area (Å²) in [5.41, 5.74) is 5.04. The van der Waals surface area contributed by atoms with Gasteiger partial charge < -0.3 is 19.9 Å². The molecule has 0 aromatic heterocycles. The van der Waals surface area contributed by atoms with E-state index in [-0.39, 0.29) is 13.4 Å². The van der Waals surface area contributed by atoms with Crippen molar-refractivity contribution >= 4 is 6.16 Å². The number of carbonyl (C=O) groups excluding carboxylic acids is 1. The summed E-state index contributed by atoms with van der Waals surface area (Å²) < 4.78 is 13.2. The SMILES string of the molecule is COCOC(=O)OCCN. The first-order chi connectivity index (χ1) is 4.81. The Morgan fingerprint density at radius 1 is 1.50 bits per heavy atom. The van der Waals surface area contributed by atoms with Crippen molar-refractivity contribution in [2.24, 2.45) is 5.73 Å². The van der Waals surface area contributed by atoms with Crippen molar-refractivity contribution in [1.82, 2.24) is 0 Å². The number of ether oxygens (including phenoxy) is 3. The molecule has 0 aliphatic carbocycles. The van der Waals surface area contributed by atoms with Gasteiger partial charge in [0.05, 0.1) is 0 Å². The molecule has 0 unspecified atom stereocenters. The maximum absolute atomic E-state index is 10.4. The smallest absolute Gasteiger partial charge is 0.433 e. The highest BCUT2D eigenvalue weighted by Gasteiger charge is 1.99. The van der Waals surface area contributed by atoms with Gasteiger partial charge >= 0.3 is 6.16 Å². The van der Waals surface area contributed by atoms with Crippen molar-refractivity contribution in [3.8, 4) is 0 Å². The van der Waals surface area contributed by atoms with Crippen LogP contribution in [0, 0.1) is 0 Å². The zero-order valence-electron chi connectivity index (χ0n) is 5.83. The average molecular weight is 149 g/mol. The molecule has 0 spiro atoms. The fourth-order valence-corrected chi connectivity index (χ4v) is 0.291. The van der Waals surface area contributed by atoms with Crippen molar-refractivity contribution in [2.75, 3.05) is 27.1 Å². The molecule has 0 saturated carbocycles. The molecule has 0 amide bonds. The van der Waals surface area contributed by atoms with Crippen LogP contribution in [0.3, 0.4) is 0 Å². The quantitative estimate of drug-likeness (QED) is 0.439. The number of nitrogens with two attached hydrogens (primary N) is 1. The molecule has 0 aromatic carbocycles. The summed E-state index contributed by atoms with van der Waals surface area (Å²) in [6.45, 7) is 0.369. The van der Waals surface area contributed by atoms with Crippen molar-refractivity contribution in [3.63, 3.8) is 0 Å². The molecule has 0 radical (unpaired) electrons. The molecule has 0 rings (SSSR count). The van der Waals surface area contributed by atoms with Crippen LogP contribution >= 0.6 is 0 Å². The number of hydrogen-bond acceptors (Lipinski definition) is 5. The topological polar surface area (TPSA) is 70.8 Å². The highest BCUT2D eigenvalue weighted by molar-refractivity contribution is 5.59. The Hall–Kier alpha value is -0.810. The van der Waals surface area contributed by atoms with Crippen LogP contribution in [0.1, 0.15) is 0 Å². The Bertz CT molecular complexity index is 85.6. The third kappa shape index (κ3) is 5.33. The van der Waals surface area contributed by atoms with E-state index in [4.69, 9.17) is 5.73 Å². The predicted octanol–water partition coefficient (Wildman–Crippen LogP) is -0.298. The maximum Gasteiger partial charge on any atom is 0.510 e. The van der Waals surface area contributed by atoms with E-state index in [2.05, 4.69) is 14.2 Å². The Morgan fingerprint density at radius 3 is 2.70 bits per heavy atom. The summed E-state index contributed by atoms with van der Waals surface area (Å²) in [6.07, 6.45) is -0.757. The summed E-state index contributed by atoms with van der Waals surface area (Å²) in [7, 11) is 1.41. The number of methoxy groups -OCH3 is 1. The van der Waals surface area contributed by atoms with Gasteiger partial charge in [-0.1, -0.05) is 0 Å². The van der Waals surface area contributed by atoms with Gasteiger partial charge in [0.2, 0.25) is 0 Å². The second kappa shape index (κ2) is 6.31. The summed E-state index contributed by atoms with van der Waals surface area (Å²) in [4.78, 5) is 10.4. The van der Waals surface area contributed by atoms with Gasteiger partial charge in [0.15, 0.2) is 6.79 Å². The highest BCUT2D eigenvalue weighted by Crippen LogP contribution is 1.83. The summed E-state index contributed by atoms with van der Waals surface area (Å²) >= 11 is 0. The Kier molecular flexibility index (Phi) is 5.80. The molecule has 0 heterocycles. The van der Waals surface area contributed by atoms with Crippen LogP contribution in [0.4, 0.5) is 4.79 Å². The average Bonchev–Trinajstić information content (AvgIpc) is 1.97. The van der Waals surface area contributed by atoms with E-state index in [1.54, 1.807) is 0 Å². The van der Waals surface area contributed by atoms with Crippen LogP contribution in [0.5, 0.6) is 0 Å². The molecule has 0 bridgehead atoms. The van der Waals surface area contributed by atoms with Crippen molar-refractivity contribution in [3.05, 3.63) is 0 Å². The summed E-state index contributed by atoms with van der Waals surface area (Å²) in [5, 5.41) is 0. The molecule has 0 aromatic rings. The molecule has 60 valence electrons. The first kappa shape index (κ1) is 9.19. The van der Waals surface area contributed by atoms with Gasteiger partial charge in [-0.2, -0.15) is 0 Å². The zero-order valence-corrected chi connectivity index (χ0v) is 5.83. The molecule has 2 N–H and O–H groups in total. The van der Waals surface area contributed by atoms with E-state index in [0.717, 1.165) is 0 Å². The zero-order chi connectivity index (χ0) is 7.82. The van der Waals surface area contributed by atoms with Crippen LogP contribution in [-0.2, 0) is 14.2 Å². The van der Waals surface area contributed by atoms with Gasteiger partial charge in [0, 0.05) is 13.7 Å². The van der Waals surface area contributed by atoms with Gasteiger partial charge in [0.25, 0.3) is 0 Å². The molecule has 5 heteroatoms. The first-order valence-electron chi connectivity index (χ1n) is 2.79. The monoisotopic (exact) mass is 149 g/mol. The lowest BCUT2D eigenvalue weighted by Gasteiger charge is -2.02. The second-order valence-corrected chi connectivity index (χ2v) is 1.44. The van der Waals surface area contributed by atoms with E-state index < -0.39 is 6.16 Å². The van der Waals surface area contributed by atoms with Crippen LogP contribution in [0.25, 0.3) is 0 Å². The van der Waals surface area contributed by atoms with Gasteiger partial charge in [0.1, 0.15) is 6.61 Å². The number of carbonyl (C=O) groups is 1. The number of rotatable bonds is 4. The van der Waals surface area contributed by atoms with E-state index in [1.165, 1.54) is 7.11 Å². The van der Waals surface area contributed by atoms with Crippen LogP contribution in [0.2, 0.25) is 0 Å². The lowest BCUT2D eigenvalue weighted by atomic mass is 10.7. The van der Waals surface area contributed by atoms with Crippen molar-refractivity contribution in [2.45, 2.75) is 0 Å². The standard InChI is InChI=1S/C5H11NO4/c1-8-4-10-5(7)9-3-2-6/h2-4,6H2,1H3. The van der Waals surface area contributed by atoms with Crippen LogP contribution in [-0.4, -0.2) is 33.2 Å². The molecular weight excluding hydrogens is 138 g/mol. The molecule has 5 nitrogen and oxygen atoms in total. The molecule has 0 atom stereocenters. The largest absolute Gasteiger partial charge is 0.510 e. The molecule has 0 aliphatic rings. The normalized spacial score (nSPS) is 9.00. The Balaban J connectivity index is 3.09. The van der Waals surface area contributed by atoms with Gasteiger partial charge in [-0.25, -0.2) is 4.79 Å². The lowest BCUT2D eigenvalue weighted by molar-refractivity contribution is -0.0252. The van der Waals surface area contributed by atoms with Crippen molar-refractivity contribution in [1.29, 1.82) is 0 Å². The van der Waals surface area contributed by atoms with E-state index in [9.17, 15) is 4.79 Å². The fraction of sp³-hybridized carbons (Fsp3) is 0.800. The van der Waals surface area contributed by atoms with E-state index >= 15 is 0 Å². The van der Waals surface area contributed by atoms with Gasteiger partial charge in [-0.05, 0) is 0 Å². The highest BCUT2D eigenvalue weighted by atomic mass is 16.8.